The molecule has 2 aromatic rings. The molecule has 0 saturated carbocycles. The van der Waals surface area contributed by atoms with Crippen molar-refractivity contribution in [2.75, 3.05) is 24.3 Å². The van der Waals surface area contributed by atoms with Crippen molar-refractivity contribution in [2.24, 2.45) is 10.7 Å². The Labute approximate surface area is 132 Å². The van der Waals surface area contributed by atoms with Gasteiger partial charge in [0.25, 0.3) is 0 Å². The minimum atomic E-state index is 0.434. The standard InChI is InChI=1S/C18H24N4/c1-4-14-7-5-9-16(11-14)21-18(19)20-13-15-8-6-10-17(12-15)22(2)3/h5-12H,4,13H2,1-3H3,(H3,19,20,21). The van der Waals surface area contributed by atoms with Gasteiger partial charge in [-0.3, -0.25) is 0 Å². The highest BCUT2D eigenvalue weighted by Gasteiger charge is 1.99. The summed E-state index contributed by atoms with van der Waals surface area (Å²) in [5.74, 6) is 0.434. The molecule has 116 valence electrons. The molecule has 0 atom stereocenters. The average molecular weight is 296 g/mol. The van der Waals surface area contributed by atoms with Crippen LogP contribution in [0.4, 0.5) is 11.4 Å². The Balaban J connectivity index is 2.01. The third-order valence-electron chi connectivity index (χ3n) is 3.47. The van der Waals surface area contributed by atoms with Crippen LogP contribution < -0.4 is 16.0 Å². The van der Waals surface area contributed by atoms with Gasteiger partial charge in [-0.2, -0.15) is 0 Å². The van der Waals surface area contributed by atoms with Crippen molar-refractivity contribution < 1.29 is 0 Å². The van der Waals surface area contributed by atoms with Crippen LogP contribution in [0.5, 0.6) is 0 Å². The van der Waals surface area contributed by atoms with Crippen molar-refractivity contribution in [1.82, 2.24) is 0 Å². The molecule has 0 heterocycles. The van der Waals surface area contributed by atoms with Gasteiger partial charge < -0.3 is 16.0 Å². The summed E-state index contributed by atoms with van der Waals surface area (Å²) in [4.78, 5) is 6.48. The Hall–Kier alpha value is -2.49. The van der Waals surface area contributed by atoms with E-state index in [1.807, 2.05) is 32.3 Å². The number of rotatable bonds is 5. The maximum atomic E-state index is 5.97. The number of hydrogen-bond donors (Lipinski definition) is 2. The van der Waals surface area contributed by atoms with Crippen molar-refractivity contribution >= 4 is 17.3 Å². The fraction of sp³-hybridized carbons (Fsp3) is 0.278. The van der Waals surface area contributed by atoms with Crippen LogP contribution >= 0.6 is 0 Å². The van der Waals surface area contributed by atoms with Gasteiger partial charge in [-0.15, -0.1) is 0 Å². The van der Waals surface area contributed by atoms with Gasteiger partial charge in [0, 0.05) is 25.5 Å². The van der Waals surface area contributed by atoms with Gasteiger partial charge in [0.2, 0.25) is 0 Å². The summed E-state index contributed by atoms with van der Waals surface area (Å²) in [6, 6.07) is 16.5. The van der Waals surface area contributed by atoms with Crippen LogP contribution in [0.25, 0.3) is 0 Å². The summed E-state index contributed by atoms with van der Waals surface area (Å²) >= 11 is 0. The predicted octanol–water partition coefficient (Wildman–Crippen LogP) is 3.24. The molecule has 22 heavy (non-hydrogen) atoms. The van der Waals surface area contributed by atoms with Gasteiger partial charge in [-0.25, -0.2) is 4.99 Å². The lowest BCUT2D eigenvalue weighted by atomic mass is 10.1. The zero-order valence-electron chi connectivity index (χ0n) is 13.5. The van der Waals surface area contributed by atoms with E-state index >= 15 is 0 Å². The molecule has 0 aromatic heterocycles. The van der Waals surface area contributed by atoms with E-state index in [1.165, 1.54) is 5.56 Å². The summed E-state index contributed by atoms with van der Waals surface area (Å²) in [6.07, 6.45) is 1.00. The van der Waals surface area contributed by atoms with Gasteiger partial charge in [-0.05, 0) is 41.8 Å². The second-order valence-corrected chi connectivity index (χ2v) is 5.44. The van der Waals surface area contributed by atoms with E-state index in [-0.39, 0.29) is 0 Å². The number of nitrogens with zero attached hydrogens (tertiary/aromatic N) is 2. The first-order valence-electron chi connectivity index (χ1n) is 7.50. The summed E-state index contributed by atoms with van der Waals surface area (Å²) in [5, 5.41) is 3.14. The molecule has 0 aliphatic carbocycles. The van der Waals surface area contributed by atoms with Gasteiger partial charge in [0.05, 0.1) is 6.54 Å². The van der Waals surface area contributed by atoms with E-state index in [9.17, 15) is 0 Å². The van der Waals surface area contributed by atoms with Crippen LogP contribution in [0.3, 0.4) is 0 Å². The van der Waals surface area contributed by atoms with Crippen molar-refractivity contribution in [1.29, 1.82) is 0 Å². The molecule has 0 bridgehead atoms. The monoisotopic (exact) mass is 296 g/mol. The molecule has 2 aromatic carbocycles. The Morgan fingerprint density at radius 1 is 1.09 bits per heavy atom. The van der Waals surface area contributed by atoms with Crippen LogP contribution in [0.2, 0.25) is 0 Å². The molecule has 0 saturated heterocycles. The van der Waals surface area contributed by atoms with Crippen LogP contribution in [-0.2, 0) is 13.0 Å². The number of aliphatic imine (C=N–C) groups is 1. The Morgan fingerprint density at radius 2 is 1.82 bits per heavy atom. The molecule has 4 nitrogen and oxygen atoms in total. The van der Waals surface area contributed by atoms with Gasteiger partial charge in [0.15, 0.2) is 5.96 Å². The van der Waals surface area contributed by atoms with Crippen LogP contribution in [0.1, 0.15) is 18.1 Å². The molecule has 0 radical (unpaired) electrons. The van der Waals surface area contributed by atoms with E-state index in [1.54, 1.807) is 0 Å². The lowest BCUT2D eigenvalue weighted by Gasteiger charge is -2.13. The van der Waals surface area contributed by atoms with Crippen molar-refractivity contribution in [3.8, 4) is 0 Å². The van der Waals surface area contributed by atoms with E-state index in [2.05, 4.69) is 52.5 Å². The molecule has 4 heteroatoms. The van der Waals surface area contributed by atoms with Crippen LogP contribution in [0, 0.1) is 0 Å². The summed E-state index contributed by atoms with van der Waals surface area (Å²) in [7, 11) is 4.05. The predicted molar refractivity (Wildman–Crippen MR) is 95.5 cm³/mol. The zero-order valence-corrected chi connectivity index (χ0v) is 13.5. The van der Waals surface area contributed by atoms with E-state index in [0.717, 1.165) is 23.4 Å². The molecule has 3 N–H and O–H groups in total. The third kappa shape index (κ3) is 4.52. The van der Waals surface area contributed by atoms with Crippen molar-refractivity contribution in [3.05, 3.63) is 59.7 Å². The van der Waals surface area contributed by atoms with E-state index in [4.69, 9.17) is 5.73 Å². The summed E-state index contributed by atoms with van der Waals surface area (Å²) in [6.45, 7) is 2.70. The number of hydrogen-bond acceptors (Lipinski definition) is 2. The topological polar surface area (TPSA) is 53.6 Å². The first-order valence-corrected chi connectivity index (χ1v) is 7.50. The molecule has 0 amide bonds. The van der Waals surface area contributed by atoms with Crippen molar-refractivity contribution in [3.63, 3.8) is 0 Å². The minimum absolute atomic E-state index is 0.434. The highest BCUT2D eigenvalue weighted by molar-refractivity contribution is 5.92. The van der Waals surface area contributed by atoms with E-state index in [0.29, 0.717) is 12.5 Å². The normalized spacial score (nSPS) is 11.3. The number of nitrogens with one attached hydrogen (secondary N) is 1. The Morgan fingerprint density at radius 3 is 2.55 bits per heavy atom. The molecule has 0 aliphatic rings. The second kappa shape index (κ2) is 7.50. The highest BCUT2D eigenvalue weighted by atomic mass is 15.1. The third-order valence-corrected chi connectivity index (χ3v) is 3.47. The molecule has 0 aliphatic heterocycles. The maximum absolute atomic E-state index is 5.97. The first kappa shape index (κ1) is 15.9. The Kier molecular flexibility index (Phi) is 5.42. The lowest BCUT2D eigenvalue weighted by Crippen LogP contribution is -2.22. The molecule has 0 fully saturated rings. The number of aryl methyl sites for hydroxylation is 1. The minimum Gasteiger partial charge on any atom is -0.378 e. The highest BCUT2D eigenvalue weighted by Crippen LogP contribution is 2.14. The largest absolute Gasteiger partial charge is 0.378 e. The molecule has 0 spiro atoms. The smallest absolute Gasteiger partial charge is 0.193 e. The van der Waals surface area contributed by atoms with Crippen LogP contribution in [0.15, 0.2) is 53.5 Å². The van der Waals surface area contributed by atoms with Crippen LogP contribution in [-0.4, -0.2) is 20.1 Å². The van der Waals surface area contributed by atoms with E-state index < -0.39 is 0 Å². The quantitative estimate of drug-likeness (QED) is 0.658. The molecule has 2 rings (SSSR count). The fourth-order valence-corrected chi connectivity index (χ4v) is 2.17. The number of nitrogens with two attached hydrogens (primary N) is 1. The first-order chi connectivity index (χ1) is 10.6. The lowest BCUT2D eigenvalue weighted by molar-refractivity contribution is 1.05. The van der Waals surface area contributed by atoms with Gasteiger partial charge in [-0.1, -0.05) is 31.2 Å². The van der Waals surface area contributed by atoms with Gasteiger partial charge in [0.1, 0.15) is 0 Å². The Bertz CT molecular complexity index is 647. The maximum Gasteiger partial charge on any atom is 0.193 e. The fourth-order valence-electron chi connectivity index (χ4n) is 2.17. The number of benzene rings is 2. The van der Waals surface area contributed by atoms with Gasteiger partial charge >= 0.3 is 0 Å². The zero-order chi connectivity index (χ0) is 15.9. The number of guanidine groups is 1. The summed E-state index contributed by atoms with van der Waals surface area (Å²) in [5.41, 5.74) is 10.5. The molecule has 0 unspecified atom stereocenters. The number of anilines is 2. The SMILES string of the molecule is CCc1cccc(NC(N)=NCc2cccc(N(C)C)c2)c1. The average Bonchev–Trinajstić information content (AvgIpc) is 2.53. The van der Waals surface area contributed by atoms with Crippen molar-refractivity contribution in [2.45, 2.75) is 19.9 Å². The molecular weight excluding hydrogens is 272 g/mol. The summed E-state index contributed by atoms with van der Waals surface area (Å²) < 4.78 is 0. The second-order valence-electron chi connectivity index (χ2n) is 5.44. The molecular formula is C18H24N4.